The monoisotopic (exact) mass is 269 g/mol. The Balaban J connectivity index is 2.01. The normalized spacial score (nSPS) is 23.6. The summed E-state index contributed by atoms with van der Waals surface area (Å²) in [6.45, 7) is 2.28. The molecule has 0 spiro atoms. The van der Waals surface area contributed by atoms with Gasteiger partial charge in [0, 0.05) is 11.6 Å². The second kappa shape index (κ2) is 4.31. The van der Waals surface area contributed by atoms with Gasteiger partial charge in [-0.05, 0) is 41.4 Å². The molecule has 0 aliphatic heterocycles. The minimum atomic E-state index is -0.0933. The third kappa shape index (κ3) is 2.37. The SMILES string of the molecule is CCOC(=O)C1CC1c1cccc(Br)n1. The highest BCUT2D eigenvalue weighted by molar-refractivity contribution is 9.10. The van der Waals surface area contributed by atoms with E-state index in [1.807, 2.05) is 25.1 Å². The molecular weight excluding hydrogens is 258 g/mol. The van der Waals surface area contributed by atoms with Crippen molar-refractivity contribution >= 4 is 21.9 Å². The standard InChI is InChI=1S/C11H12BrNO2/c1-2-15-11(14)8-6-7(8)9-4-3-5-10(12)13-9/h3-5,7-8H,2,6H2,1H3. The van der Waals surface area contributed by atoms with E-state index >= 15 is 0 Å². The van der Waals surface area contributed by atoms with Crippen LogP contribution < -0.4 is 0 Å². The average Bonchev–Trinajstić information content (AvgIpc) is 2.97. The van der Waals surface area contributed by atoms with Crippen LogP contribution in [0.4, 0.5) is 0 Å². The van der Waals surface area contributed by atoms with E-state index < -0.39 is 0 Å². The number of carbonyl (C=O) groups excluding carboxylic acids is 1. The summed E-state index contributed by atoms with van der Waals surface area (Å²) in [5.74, 6) is 0.178. The number of hydrogen-bond acceptors (Lipinski definition) is 3. The van der Waals surface area contributed by atoms with E-state index in [-0.39, 0.29) is 17.8 Å². The van der Waals surface area contributed by atoms with Crippen LogP contribution in [0.3, 0.4) is 0 Å². The predicted octanol–water partition coefficient (Wildman–Crippen LogP) is 2.51. The van der Waals surface area contributed by atoms with Gasteiger partial charge >= 0.3 is 5.97 Å². The summed E-state index contributed by atoms with van der Waals surface area (Å²) in [6, 6.07) is 5.77. The second-order valence-electron chi connectivity index (χ2n) is 3.59. The number of nitrogens with zero attached hydrogens (tertiary/aromatic N) is 1. The Bertz CT molecular complexity index is 381. The maximum absolute atomic E-state index is 11.4. The molecule has 1 heterocycles. The molecule has 80 valence electrons. The van der Waals surface area contributed by atoms with Gasteiger partial charge in [-0.1, -0.05) is 6.07 Å². The Morgan fingerprint density at radius 1 is 1.67 bits per heavy atom. The number of ether oxygens (including phenoxy) is 1. The highest BCUT2D eigenvalue weighted by Crippen LogP contribution is 2.47. The first-order valence-electron chi connectivity index (χ1n) is 5.01. The Morgan fingerprint density at radius 2 is 2.47 bits per heavy atom. The van der Waals surface area contributed by atoms with Gasteiger partial charge in [0.05, 0.1) is 12.5 Å². The Kier molecular flexibility index (Phi) is 3.05. The van der Waals surface area contributed by atoms with Crippen LogP contribution in [-0.4, -0.2) is 17.6 Å². The predicted molar refractivity (Wildman–Crippen MR) is 59.4 cm³/mol. The van der Waals surface area contributed by atoms with Crippen LogP contribution in [0, 0.1) is 5.92 Å². The first kappa shape index (κ1) is 10.6. The molecule has 2 atom stereocenters. The van der Waals surface area contributed by atoms with Gasteiger partial charge in [0.1, 0.15) is 4.60 Å². The molecule has 1 aliphatic carbocycles. The van der Waals surface area contributed by atoms with Crippen LogP contribution in [0.1, 0.15) is 25.0 Å². The minimum absolute atomic E-state index is 0.0201. The van der Waals surface area contributed by atoms with Gasteiger partial charge in [-0.15, -0.1) is 0 Å². The lowest BCUT2D eigenvalue weighted by Crippen LogP contribution is -2.07. The number of esters is 1. The van der Waals surface area contributed by atoms with Crippen molar-refractivity contribution in [1.82, 2.24) is 4.98 Å². The zero-order chi connectivity index (χ0) is 10.8. The van der Waals surface area contributed by atoms with E-state index in [1.54, 1.807) is 0 Å². The summed E-state index contributed by atoms with van der Waals surface area (Å²) < 4.78 is 5.78. The fourth-order valence-electron chi connectivity index (χ4n) is 1.66. The number of aromatic nitrogens is 1. The third-order valence-corrected chi connectivity index (χ3v) is 2.94. The Morgan fingerprint density at radius 3 is 3.13 bits per heavy atom. The molecule has 0 amide bonds. The maximum Gasteiger partial charge on any atom is 0.309 e. The fourth-order valence-corrected chi connectivity index (χ4v) is 2.02. The van der Waals surface area contributed by atoms with Crippen LogP contribution in [0.2, 0.25) is 0 Å². The second-order valence-corrected chi connectivity index (χ2v) is 4.40. The number of halogens is 1. The average molecular weight is 270 g/mol. The zero-order valence-corrected chi connectivity index (χ0v) is 10.0. The molecule has 2 unspecified atom stereocenters. The van der Waals surface area contributed by atoms with Crippen molar-refractivity contribution in [2.45, 2.75) is 19.3 Å². The molecule has 3 nitrogen and oxygen atoms in total. The summed E-state index contributed by atoms with van der Waals surface area (Å²) >= 11 is 3.32. The fraction of sp³-hybridized carbons (Fsp3) is 0.455. The summed E-state index contributed by atoms with van der Waals surface area (Å²) in [4.78, 5) is 15.7. The summed E-state index contributed by atoms with van der Waals surface area (Å²) in [6.07, 6.45) is 0.863. The van der Waals surface area contributed by atoms with Crippen LogP contribution in [0.25, 0.3) is 0 Å². The highest BCUT2D eigenvalue weighted by atomic mass is 79.9. The molecule has 2 rings (SSSR count). The van der Waals surface area contributed by atoms with Crippen LogP contribution in [0.15, 0.2) is 22.8 Å². The van der Waals surface area contributed by atoms with Crippen molar-refractivity contribution in [3.63, 3.8) is 0 Å². The number of rotatable bonds is 3. The topological polar surface area (TPSA) is 39.2 Å². The molecule has 4 heteroatoms. The van der Waals surface area contributed by atoms with Crippen molar-refractivity contribution in [2.75, 3.05) is 6.61 Å². The van der Waals surface area contributed by atoms with Gasteiger partial charge in [0.2, 0.25) is 0 Å². The number of hydrogen-bond donors (Lipinski definition) is 0. The molecule has 1 aromatic heterocycles. The van der Waals surface area contributed by atoms with E-state index in [1.165, 1.54) is 0 Å². The van der Waals surface area contributed by atoms with E-state index in [2.05, 4.69) is 20.9 Å². The smallest absolute Gasteiger partial charge is 0.309 e. The lowest BCUT2D eigenvalue weighted by Gasteiger charge is -2.01. The lowest BCUT2D eigenvalue weighted by atomic mass is 10.2. The van der Waals surface area contributed by atoms with Crippen LogP contribution in [-0.2, 0) is 9.53 Å². The molecule has 0 N–H and O–H groups in total. The van der Waals surface area contributed by atoms with Crippen LogP contribution in [0.5, 0.6) is 0 Å². The van der Waals surface area contributed by atoms with Crippen molar-refractivity contribution in [2.24, 2.45) is 5.92 Å². The quantitative estimate of drug-likeness (QED) is 0.625. The lowest BCUT2D eigenvalue weighted by molar-refractivity contribution is -0.144. The van der Waals surface area contributed by atoms with Crippen molar-refractivity contribution in [3.8, 4) is 0 Å². The Labute approximate surface area is 97.0 Å². The maximum atomic E-state index is 11.4. The number of carbonyl (C=O) groups is 1. The molecule has 0 saturated heterocycles. The summed E-state index contributed by atoms with van der Waals surface area (Å²) in [5.41, 5.74) is 0.974. The first-order chi connectivity index (χ1) is 7.22. The van der Waals surface area contributed by atoms with E-state index in [0.717, 1.165) is 16.7 Å². The molecule has 1 saturated carbocycles. The molecule has 15 heavy (non-hydrogen) atoms. The summed E-state index contributed by atoms with van der Waals surface area (Å²) in [5, 5.41) is 0. The van der Waals surface area contributed by atoms with Gasteiger partial charge in [-0.3, -0.25) is 4.79 Å². The van der Waals surface area contributed by atoms with E-state index in [4.69, 9.17) is 4.74 Å². The molecule has 1 aromatic rings. The third-order valence-electron chi connectivity index (χ3n) is 2.50. The highest BCUT2D eigenvalue weighted by Gasteiger charge is 2.46. The molecule has 0 radical (unpaired) electrons. The van der Waals surface area contributed by atoms with Crippen molar-refractivity contribution in [3.05, 3.63) is 28.5 Å². The number of pyridine rings is 1. The molecule has 1 fully saturated rings. The zero-order valence-electron chi connectivity index (χ0n) is 8.44. The first-order valence-corrected chi connectivity index (χ1v) is 5.80. The van der Waals surface area contributed by atoms with Gasteiger partial charge in [-0.25, -0.2) is 4.98 Å². The van der Waals surface area contributed by atoms with Gasteiger partial charge in [-0.2, -0.15) is 0 Å². The van der Waals surface area contributed by atoms with E-state index in [0.29, 0.717) is 6.61 Å². The molecule has 1 aliphatic rings. The molecular formula is C11H12BrNO2. The van der Waals surface area contributed by atoms with Crippen LogP contribution >= 0.6 is 15.9 Å². The van der Waals surface area contributed by atoms with Gasteiger partial charge in [0.25, 0.3) is 0 Å². The van der Waals surface area contributed by atoms with Gasteiger partial charge < -0.3 is 4.74 Å². The largest absolute Gasteiger partial charge is 0.466 e. The van der Waals surface area contributed by atoms with E-state index in [9.17, 15) is 4.79 Å². The van der Waals surface area contributed by atoms with Gasteiger partial charge in [0.15, 0.2) is 0 Å². The minimum Gasteiger partial charge on any atom is -0.466 e. The Hall–Kier alpha value is -0.900. The van der Waals surface area contributed by atoms with Crippen molar-refractivity contribution in [1.29, 1.82) is 0 Å². The molecule has 0 aromatic carbocycles. The van der Waals surface area contributed by atoms with Crippen molar-refractivity contribution < 1.29 is 9.53 Å². The summed E-state index contributed by atoms with van der Waals surface area (Å²) in [7, 11) is 0. The molecule has 0 bridgehead atoms.